The van der Waals surface area contributed by atoms with E-state index < -0.39 is 5.41 Å². The van der Waals surface area contributed by atoms with Crippen molar-refractivity contribution in [1.29, 1.82) is 5.26 Å². The van der Waals surface area contributed by atoms with Crippen molar-refractivity contribution in [3.63, 3.8) is 0 Å². The standard InChI is InChI=1S/C16H16N4OS/c1-16(7-8-20(10-16)11-17)14(21)19-15-18-9-13(22-15)12-5-3-2-4-6-12/h2-6,9H,7-8,10H2,1H3,(H,18,19,21)/t16-/m0/s1. The van der Waals surface area contributed by atoms with Gasteiger partial charge in [0.1, 0.15) is 0 Å². The number of carbonyl (C=O) groups is 1. The lowest BCUT2D eigenvalue weighted by Crippen LogP contribution is -2.35. The Bertz CT molecular complexity index is 721. The van der Waals surface area contributed by atoms with Gasteiger partial charge in [-0.2, -0.15) is 5.26 Å². The molecule has 3 rings (SSSR count). The fourth-order valence-electron chi connectivity index (χ4n) is 2.55. The molecule has 0 radical (unpaired) electrons. The van der Waals surface area contributed by atoms with Crippen LogP contribution in [0.1, 0.15) is 13.3 Å². The monoisotopic (exact) mass is 312 g/mol. The van der Waals surface area contributed by atoms with Gasteiger partial charge in [0.05, 0.1) is 10.3 Å². The van der Waals surface area contributed by atoms with Gasteiger partial charge >= 0.3 is 0 Å². The van der Waals surface area contributed by atoms with Crippen LogP contribution in [0.3, 0.4) is 0 Å². The van der Waals surface area contributed by atoms with E-state index in [1.807, 2.05) is 37.3 Å². The molecule has 1 amide bonds. The molecule has 0 aliphatic carbocycles. The van der Waals surface area contributed by atoms with E-state index in [9.17, 15) is 4.79 Å². The Morgan fingerprint density at radius 3 is 2.91 bits per heavy atom. The Morgan fingerprint density at radius 1 is 1.45 bits per heavy atom. The molecule has 5 nitrogen and oxygen atoms in total. The zero-order valence-corrected chi connectivity index (χ0v) is 13.1. The fourth-order valence-corrected chi connectivity index (χ4v) is 3.36. The number of aromatic nitrogens is 1. The Labute approximate surface area is 133 Å². The van der Waals surface area contributed by atoms with Crippen molar-refractivity contribution in [1.82, 2.24) is 9.88 Å². The number of benzene rings is 1. The first-order chi connectivity index (χ1) is 10.6. The summed E-state index contributed by atoms with van der Waals surface area (Å²) in [4.78, 5) is 19.4. The highest BCUT2D eigenvalue weighted by atomic mass is 32.1. The van der Waals surface area contributed by atoms with E-state index in [0.717, 1.165) is 10.4 Å². The largest absolute Gasteiger partial charge is 0.310 e. The van der Waals surface area contributed by atoms with Gasteiger partial charge < -0.3 is 10.2 Å². The van der Waals surface area contributed by atoms with Gasteiger partial charge in [0.15, 0.2) is 11.3 Å². The molecule has 1 fully saturated rings. The first-order valence-corrected chi connectivity index (χ1v) is 7.90. The van der Waals surface area contributed by atoms with Crippen molar-refractivity contribution in [3.05, 3.63) is 36.5 Å². The van der Waals surface area contributed by atoms with Gasteiger partial charge in [-0.15, -0.1) is 0 Å². The number of amides is 1. The topological polar surface area (TPSA) is 69.0 Å². The Morgan fingerprint density at radius 2 is 2.23 bits per heavy atom. The van der Waals surface area contributed by atoms with Crippen LogP contribution >= 0.6 is 11.3 Å². The zero-order valence-electron chi connectivity index (χ0n) is 12.2. The van der Waals surface area contributed by atoms with Gasteiger partial charge in [-0.1, -0.05) is 41.7 Å². The van der Waals surface area contributed by atoms with Gasteiger partial charge in [-0.3, -0.25) is 4.79 Å². The summed E-state index contributed by atoms with van der Waals surface area (Å²) in [6.45, 7) is 2.99. The van der Waals surface area contributed by atoms with E-state index in [4.69, 9.17) is 5.26 Å². The van der Waals surface area contributed by atoms with E-state index in [0.29, 0.717) is 24.6 Å². The summed E-state index contributed by atoms with van der Waals surface area (Å²) in [5, 5.41) is 12.4. The summed E-state index contributed by atoms with van der Waals surface area (Å²) in [5.74, 6) is -0.0702. The van der Waals surface area contributed by atoms with Gasteiger partial charge in [0.2, 0.25) is 5.91 Å². The summed E-state index contributed by atoms with van der Waals surface area (Å²) in [6, 6.07) is 9.95. The van der Waals surface area contributed by atoms with Gasteiger partial charge in [-0.25, -0.2) is 4.98 Å². The molecule has 6 heteroatoms. The Balaban J connectivity index is 1.71. The maximum Gasteiger partial charge on any atom is 0.233 e. The second kappa shape index (κ2) is 5.78. The number of nitrogens with one attached hydrogen (secondary N) is 1. The molecular formula is C16H16N4OS. The highest BCUT2D eigenvalue weighted by Gasteiger charge is 2.40. The average molecular weight is 312 g/mol. The minimum atomic E-state index is -0.533. The maximum absolute atomic E-state index is 12.5. The number of carbonyl (C=O) groups excluding carboxylic acids is 1. The lowest BCUT2D eigenvalue weighted by Gasteiger charge is -2.20. The fraction of sp³-hybridized carbons (Fsp3) is 0.312. The van der Waals surface area contributed by atoms with E-state index in [1.54, 1.807) is 11.1 Å². The van der Waals surface area contributed by atoms with Crippen LogP contribution in [0.2, 0.25) is 0 Å². The summed E-state index contributed by atoms with van der Waals surface area (Å²) in [5.41, 5.74) is 0.553. The third kappa shape index (κ3) is 2.81. The van der Waals surface area contributed by atoms with Crippen LogP contribution in [0.25, 0.3) is 10.4 Å². The molecule has 1 saturated heterocycles. The molecule has 1 aromatic carbocycles. The molecule has 0 unspecified atom stereocenters. The minimum Gasteiger partial charge on any atom is -0.310 e. The second-order valence-electron chi connectivity index (χ2n) is 5.68. The number of likely N-dealkylation sites (tertiary alicyclic amines) is 1. The van der Waals surface area contributed by atoms with Crippen molar-refractivity contribution in [2.45, 2.75) is 13.3 Å². The van der Waals surface area contributed by atoms with Crippen molar-refractivity contribution in [2.24, 2.45) is 5.41 Å². The molecular weight excluding hydrogens is 296 g/mol. The Kier molecular flexibility index (Phi) is 3.82. The number of thiazole rings is 1. The number of hydrogen-bond acceptors (Lipinski definition) is 5. The first kappa shape index (κ1) is 14.5. The smallest absolute Gasteiger partial charge is 0.233 e. The van der Waals surface area contributed by atoms with E-state index >= 15 is 0 Å². The van der Waals surface area contributed by atoms with Crippen LogP contribution in [-0.2, 0) is 4.79 Å². The first-order valence-electron chi connectivity index (χ1n) is 7.08. The number of nitrogens with zero attached hydrogens (tertiary/aromatic N) is 3. The van der Waals surface area contributed by atoms with Crippen LogP contribution in [-0.4, -0.2) is 28.9 Å². The van der Waals surface area contributed by atoms with E-state index in [1.165, 1.54) is 11.3 Å². The third-order valence-corrected chi connectivity index (χ3v) is 4.91. The van der Waals surface area contributed by atoms with Crippen LogP contribution in [0.5, 0.6) is 0 Å². The Hall–Kier alpha value is -2.39. The lowest BCUT2D eigenvalue weighted by molar-refractivity contribution is -0.124. The maximum atomic E-state index is 12.5. The highest BCUT2D eigenvalue weighted by molar-refractivity contribution is 7.19. The van der Waals surface area contributed by atoms with Crippen LogP contribution in [0, 0.1) is 16.9 Å². The number of hydrogen-bond donors (Lipinski definition) is 1. The molecule has 1 aliphatic heterocycles. The van der Waals surface area contributed by atoms with Crippen molar-refractivity contribution >= 4 is 22.4 Å². The van der Waals surface area contributed by atoms with Gasteiger partial charge in [0, 0.05) is 19.3 Å². The predicted molar refractivity (Wildman–Crippen MR) is 86.1 cm³/mol. The zero-order chi connectivity index (χ0) is 15.6. The molecule has 22 heavy (non-hydrogen) atoms. The van der Waals surface area contributed by atoms with Crippen LogP contribution in [0.4, 0.5) is 5.13 Å². The van der Waals surface area contributed by atoms with Crippen molar-refractivity contribution < 1.29 is 4.79 Å². The highest BCUT2D eigenvalue weighted by Crippen LogP contribution is 2.33. The summed E-state index contributed by atoms with van der Waals surface area (Å²) < 4.78 is 0. The molecule has 0 saturated carbocycles. The molecule has 1 aliphatic rings. The van der Waals surface area contributed by atoms with Crippen LogP contribution in [0.15, 0.2) is 36.5 Å². The normalized spacial score (nSPS) is 20.6. The van der Waals surface area contributed by atoms with Crippen LogP contribution < -0.4 is 5.32 Å². The molecule has 112 valence electrons. The van der Waals surface area contributed by atoms with Gasteiger partial charge in [0.25, 0.3) is 0 Å². The molecule has 1 N–H and O–H groups in total. The van der Waals surface area contributed by atoms with E-state index in [2.05, 4.69) is 16.5 Å². The average Bonchev–Trinajstić information content (AvgIpc) is 3.16. The summed E-state index contributed by atoms with van der Waals surface area (Å²) in [6.07, 6.45) is 4.56. The molecule has 2 heterocycles. The quantitative estimate of drug-likeness (QED) is 0.885. The van der Waals surface area contributed by atoms with Crippen molar-refractivity contribution in [2.75, 3.05) is 18.4 Å². The van der Waals surface area contributed by atoms with Gasteiger partial charge in [-0.05, 0) is 18.9 Å². The molecule has 0 bridgehead atoms. The molecule has 0 spiro atoms. The van der Waals surface area contributed by atoms with Crippen molar-refractivity contribution in [3.8, 4) is 16.6 Å². The number of rotatable bonds is 3. The minimum absolute atomic E-state index is 0.0702. The number of anilines is 1. The molecule has 1 atom stereocenters. The lowest BCUT2D eigenvalue weighted by atomic mass is 9.89. The predicted octanol–water partition coefficient (Wildman–Crippen LogP) is 2.94. The summed E-state index contributed by atoms with van der Waals surface area (Å²) in [7, 11) is 0. The molecule has 1 aromatic heterocycles. The van der Waals surface area contributed by atoms with E-state index in [-0.39, 0.29) is 5.91 Å². The SMILES string of the molecule is C[C@]1(C(=O)Nc2ncc(-c3ccccc3)s2)CCN(C#N)C1. The third-order valence-electron chi connectivity index (χ3n) is 3.95. The second-order valence-corrected chi connectivity index (χ2v) is 6.71. The number of nitriles is 1. The molecule has 2 aromatic rings. The summed E-state index contributed by atoms with van der Waals surface area (Å²) >= 11 is 1.46.